The standard InChI is InChI=1S/C32H36FN3O6S2/c33-25-6-1-21(2-7-25)23-5-10-27(42-18-15-35-13-16-41-17-14-35)24(19-23)20-28-30(38)36(32(43)44-28)12-11-29(37)34-26-8-3-22(4-9-26)31(39)40/h1-2,5-7,10,19-20,22,26H,3-4,8-9,11-18H2,(H,34,37)(H,39,40)/b28-20-. The monoisotopic (exact) mass is 641 g/mol. The van der Waals surface area contributed by atoms with Crippen LogP contribution in [0, 0.1) is 11.7 Å². The van der Waals surface area contributed by atoms with Crippen LogP contribution in [0.3, 0.4) is 0 Å². The van der Waals surface area contributed by atoms with Crippen molar-refractivity contribution >= 4 is 52.2 Å². The summed E-state index contributed by atoms with van der Waals surface area (Å²) in [5.74, 6) is -1.31. The van der Waals surface area contributed by atoms with Gasteiger partial charge in [-0.25, -0.2) is 4.39 Å². The van der Waals surface area contributed by atoms with E-state index in [1.807, 2.05) is 18.2 Å². The van der Waals surface area contributed by atoms with Crippen LogP contribution in [0.25, 0.3) is 17.2 Å². The van der Waals surface area contributed by atoms with Crippen LogP contribution in [0.4, 0.5) is 4.39 Å². The second-order valence-corrected chi connectivity index (χ2v) is 12.8. The van der Waals surface area contributed by atoms with Crippen molar-refractivity contribution in [1.82, 2.24) is 15.1 Å². The number of nitrogens with one attached hydrogen (secondary N) is 1. The number of thioether (sulfide) groups is 1. The minimum absolute atomic E-state index is 0.0563. The molecular weight excluding hydrogens is 605 g/mol. The van der Waals surface area contributed by atoms with Gasteiger partial charge in [-0.15, -0.1) is 0 Å². The van der Waals surface area contributed by atoms with E-state index in [4.69, 9.17) is 21.7 Å². The summed E-state index contributed by atoms with van der Waals surface area (Å²) in [7, 11) is 0. The van der Waals surface area contributed by atoms with Crippen LogP contribution in [-0.2, 0) is 19.1 Å². The predicted molar refractivity (Wildman–Crippen MR) is 171 cm³/mol. The number of hydrogen-bond donors (Lipinski definition) is 2. The van der Waals surface area contributed by atoms with Crippen LogP contribution in [0.1, 0.15) is 37.7 Å². The molecule has 0 radical (unpaired) electrons. The minimum Gasteiger partial charge on any atom is -0.492 e. The highest BCUT2D eigenvalue weighted by atomic mass is 32.2. The number of ether oxygens (including phenoxy) is 2. The number of carbonyl (C=O) groups is 3. The maximum atomic E-state index is 13.6. The third-order valence-electron chi connectivity index (χ3n) is 8.12. The number of carbonyl (C=O) groups excluding carboxylic acids is 2. The number of morpholine rings is 1. The number of benzene rings is 2. The van der Waals surface area contributed by atoms with E-state index in [0.29, 0.717) is 66.0 Å². The number of hydrogen-bond acceptors (Lipinski definition) is 8. The van der Waals surface area contributed by atoms with Gasteiger partial charge in [0, 0.05) is 44.2 Å². The fourth-order valence-electron chi connectivity index (χ4n) is 5.56. The number of rotatable bonds is 11. The number of amides is 2. The first kappa shape index (κ1) is 32.1. The zero-order valence-electron chi connectivity index (χ0n) is 24.3. The predicted octanol–water partition coefficient (Wildman–Crippen LogP) is 4.55. The number of thiocarbonyl (C=S) groups is 1. The van der Waals surface area contributed by atoms with Gasteiger partial charge < -0.3 is 19.9 Å². The summed E-state index contributed by atoms with van der Waals surface area (Å²) >= 11 is 6.69. The second kappa shape index (κ2) is 15.1. The van der Waals surface area contributed by atoms with Gasteiger partial charge >= 0.3 is 5.97 Å². The molecular formula is C32H36FN3O6S2. The zero-order chi connectivity index (χ0) is 31.1. The summed E-state index contributed by atoms with van der Waals surface area (Å²) in [5, 5.41) is 12.2. The average Bonchev–Trinajstić information content (AvgIpc) is 3.29. The molecule has 2 aromatic carbocycles. The Morgan fingerprint density at radius 2 is 1.77 bits per heavy atom. The molecule has 5 rings (SSSR count). The van der Waals surface area contributed by atoms with Crippen molar-refractivity contribution in [3.63, 3.8) is 0 Å². The van der Waals surface area contributed by atoms with Crippen LogP contribution in [0.5, 0.6) is 5.75 Å². The third kappa shape index (κ3) is 8.44. The average molecular weight is 642 g/mol. The van der Waals surface area contributed by atoms with Crippen LogP contribution in [0.2, 0.25) is 0 Å². The summed E-state index contributed by atoms with van der Waals surface area (Å²) in [6, 6.07) is 11.8. The van der Waals surface area contributed by atoms with Crippen LogP contribution >= 0.6 is 24.0 Å². The number of aliphatic carboxylic acids is 1. The van der Waals surface area contributed by atoms with Crippen molar-refractivity contribution in [1.29, 1.82) is 0 Å². The lowest BCUT2D eigenvalue weighted by Crippen LogP contribution is -2.40. The topological polar surface area (TPSA) is 108 Å². The molecule has 12 heteroatoms. The lowest BCUT2D eigenvalue weighted by Gasteiger charge is -2.27. The van der Waals surface area contributed by atoms with E-state index in [2.05, 4.69) is 10.2 Å². The van der Waals surface area contributed by atoms with Gasteiger partial charge in [0.2, 0.25) is 5.91 Å². The number of carboxylic acids is 1. The van der Waals surface area contributed by atoms with Gasteiger partial charge in [-0.2, -0.15) is 0 Å². The van der Waals surface area contributed by atoms with E-state index in [1.54, 1.807) is 18.2 Å². The molecule has 2 aromatic rings. The van der Waals surface area contributed by atoms with Gasteiger partial charge in [0.15, 0.2) is 0 Å². The molecule has 1 aliphatic carbocycles. The molecule has 234 valence electrons. The molecule has 44 heavy (non-hydrogen) atoms. The van der Waals surface area contributed by atoms with Crippen LogP contribution < -0.4 is 10.1 Å². The fourth-order valence-corrected chi connectivity index (χ4v) is 6.86. The number of nitrogens with zero attached hydrogens (tertiary/aromatic N) is 2. The van der Waals surface area contributed by atoms with Gasteiger partial charge in [0.05, 0.1) is 24.0 Å². The normalized spacial score (nSPS) is 21.9. The van der Waals surface area contributed by atoms with Gasteiger partial charge in [0.1, 0.15) is 22.5 Å². The smallest absolute Gasteiger partial charge is 0.306 e. The molecule has 0 atom stereocenters. The maximum absolute atomic E-state index is 13.6. The van der Waals surface area contributed by atoms with Crippen LogP contribution in [-0.4, -0.2) is 89.1 Å². The molecule has 0 aromatic heterocycles. The molecule has 2 N–H and O–H groups in total. The molecule has 0 unspecified atom stereocenters. The third-order valence-corrected chi connectivity index (χ3v) is 9.50. The maximum Gasteiger partial charge on any atom is 0.306 e. The lowest BCUT2D eigenvalue weighted by molar-refractivity contribution is -0.142. The Bertz CT molecular complexity index is 1410. The minimum atomic E-state index is -0.786. The molecule has 2 saturated heterocycles. The summed E-state index contributed by atoms with van der Waals surface area (Å²) in [4.78, 5) is 41.4. The molecule has 0 spiro atoms. The summed E-state index contributed by atoms with van der Waals surface area (Å²) in [5.41, 5.74) is 2.38. The Balaban J connectivity index is 1.25. The van der Waals surface area contributed by atoms with E-state index in [-0.39, 0.29) is 42.6 Å². The first-order valence-corrected chi connectivity index (χ1v) is 16.1. The van der Waals surface area contributed by atoms with Crippen molar-refractivity contribution in [2.45, 2.75) is 38.1 Å². The van der Waals surface area contributed by atoms with E-state index in [1.165, 1.54) is 28.8 Å². The molecule has 2 aliphatic heterocycles. The molecule has 3 aliphatic rings. The zero-order valence-corrected chi connectivity index (χ0v) is 26.0. The lowest BCUT2D eigenvalue weighted by atomic mass is 9.86. The second-order valence-electron chi connectivity index (χ2n) is 11.1. The molecule has 2 amide bonds. The van der Waals surface area contributed by atoms with Gasteiger partial charge in [-0.05, 0) is 67.2 Å². The Morgan fingerprint density at radius 3 is 2.48 bits per heavy atom. The highest BCUT2D eigenvalue weighted by molar-refractivity contribution is 8.26. The summed E-state index contributed by atoms with van der Waals surface area (Å²) in [6.07, 6.45) is 4.19. The molecule has 9 nitrogen and oxygen atoms in total. The van der Waals surface area contributed by atoms with Gasteiger partial charge in [-0.1, -0.05) is 42.2 Å². The number of carboxylic acid groups (broad SMARTS) is 1. The van der Waals surface area contributed by atoms with E-state index >= 15 is 0 Å². The van der Waals surface area contributed by atoms with E-state index in [0.717, 1.165) is 30.8 Å². The number of halogens is 1. The Hall–Kier alpha value is -3.32. The Morgan fingerprint density at radius 1 is 1.07 bits per heavy atom. The van der Waals surface area contributed by atoms with Crippen molar-refractivity contribution < 1.29 is 33.4 Å². The van der Waals surface area contributed by atoms with Crippen molar-refractivity contribution in [2.75, 3.05) is 46.0 Å². The van der Waals surface area contributed by atoms with E-state index < -0.39 is 5.97 Å². The Labute approximate surface area is 265 Å². The van der Waals surface area contributed by atoms with Gasteiger partial charge in [-0.3, -0.25) is 24.2 Å². The quantitative estimate of drug-likeness (QED) is 0.270. The first-order valence-electron chi connectivity index (χ1n) is 14.9. The van der Waals surface area contributed by atoms with Gasteiger partial charge in [0.25, 0.3) is 5.91 Å². The van der Waals surface area contributed by atoms with Crippen molar-refractivity contribution in [3.05, 3.63) is 58.8 Å². The first-order chi connectivity index (χ1) is 21.3. The Kier molecular flexibility index (Phi) is 11.0. The highest BCUT2D eigenvalue weighted by Gasteiger charge is 2.33. The van der Waals surface area contributed by atoms with Crippen molar-refractivity contribution in [2.24, 2.45) is 5.92 Å². The molecule has 1 saturated carbocycles. The van der Waals surface area contributed by atoms with E-state index in [9.17, 15) is 23.9 Å². The highest BCUT2D eigenvalue weighted by Crippen LogP contribution is 2.36. The van der Waals surface area contributed by atoms with Crippen LogP contribution in [0.15, 0.2) is 47.4 Å². The fraction of sp³-hybridized carbons (Fsp3) is 0.438. The summed E-state index contributed by atoms with van der Waals surface area (Å²) < 4.78 is 25.5. The summed E-state index contributed by atoms with van der Waals surface area (Å²) in [6.45, 7) is 4.47. The largest absolute Gasteiger partial charge is 0.492 e. The van der Waals surface area contributed by atoms with Crippen molar-refractivity contribution in [3.8, 4) is 16.9 Å². The molecule has 3 fully saturated rings. The SMILES string of the molecule is O=C(CCN1C(=O)/C(=C/c2cc(-c3ccc(F)cc3)ccc2OCCN2CCOCC2)SC1=S)NC1CCC(C(=O)O)CC1. The molecule has 2 heterocycles. The molecule has 0 bridgehead atoms.